The van der Waals surface area contributed by atoms with E-state index in [2.05, 4.69) is 13.8 Å². The maximum atomic E-state index is 11.6. The zero-order valence-electron chi connectivity index (χ0n) is 19.7. The molecule has 0 aromatic carbocycles. The molecule has 0 saturated carbocycles. The van der Waals surface area contributed by atoms with Crippen LogP contribution in [-0.4, -0.2) is 24.4 Å². The van der Waals surface area contributed by atoms with Crippen LogP contribution >= 0.6 is 0 Å². The van der Waals surface area contributed by atoms with Crippen LogP contribution in [0.5, 0.6) is 0 Å². The predicted molar refractivity (Wildman–Crippen MR) is 112 cm³/mol. The molecule has 0 fully saturated rings. The van der Waals surface area contributed by atoms with E-state index in [9.17, 15) is 13.2 Å². The summed E-state index contributed by atoms with van der Waals surface area (Å²) in [4.78, 5) is 11.6. The third kappa shape index (κ3) is 19.7. The van der Waals surface area contributed by atoms with Gasteiger partial charge in [0.05, 0.1) is 0 Å². The molecule has 0 aromatic rings. The van der Waals surface area contributed by atoms with Crippen LogP contribution in [0, 0.1) is 5.92 Å². The van der Waals surface area contributed by atoms with E-state index in [-0.39, 0.29) is 43.8 Å². The third-order valence-electron chi connectivity index (χ3n) is 4.84. The quantitative estimate of drug-likeness (QED) is 0.156. The molecule has 0 saturated heterocycles. The second-order valence-electron chi connectivity index (χ2n) is 8.02. The van der Waals surface area contributed by atoms with Gasteiger partial charge in [0.2, 0.25) is 5.44 Å². The first-order valence-corrected chi connectivity index (χ1v) is 12.4. The van der Waals surface area contributed by atoms with Gasteiger partial charge in [0.1, 0.15) is 0 Å². The summed E-state index contributed by atoms with van der Waals surface area (Å²) in [6.45, 7) is 6.13. The van der Waals surface area contributed by atoms with Crippen molar-refractivity contribution in [3.8, 4) is 0 Å². The summed E-state index contributed by atoms with van der Waals surface area (Å²) in [7, 11) is -4.31. The number of esters is 1. The Morgan fingerprint density at radius 1 is 0.857 bits per heavy atom. The summed E-state index contributed by atoms with van der Waals surface area (Å²) in [5.41, 5.74) is -1.43. The number of ether oxygens (including phenoxy) is 1. The van der Waals surface area contributed by atoms with Crippen LogP contribution in [0.1, 0.15) is 119 Å². The number of hydrogen-bond donors (Lipinski definition) is 1. The second kappa shape index (κ2) is 19.3. The monoisotopic (exact) mass is 430 g/mol. The molecule has 0 spiro atoms. The zero-order chi connectivity index (χ0) is 20.5. The van der Waals surface area contributed by atoms with Crippen molar-refractivity contribution in [1.29, 1.82) is 0 Å². The maximum Gasteiger partial charge on any atom is 1.00 e. The van der Waals surface area contributed by atoms with Crippen molar-refractivity contribution in [2.45, 2.75) is 123 Å². The fourth-order valence-corrected chi connectivity index (χ4v) is 3.80. The SMILES string of the molecule is CCC(OC(=O)CCCCCCCCCCCCCCC(C)C)S(=O)(=O)O.[H-].[Na+]. The summed E-state index contributed by atoms with van der Waals surface area (Å²) >= 11 is 0. The first-order chi connectivity index (χ1) is 12.8. The van der Waals surface area contributed by atoms with Crippen molar-refractivity contribution in [2.75, 3.05) is 0 Å². The number of carbonyl (C=O) groups is 1. The van der Waals surface area contributed by atoms with E-state index >= 15 is 0 Å². The number of carbonyl (C=O) groups excluding carboxylic acids is 1. The molecule has 5 nitrogen and oxygen atoms in total. The number of rotatable bonds is 18. The largest absolute Gasteiger partial charge is 1.00 e. The number of unbranched alkanes of at least 4 members (excludes halogenated alkanes) is 11. The van der Waals surface area contributed by atoms with E-state index in [0.717, 1.165) is 18.8 Å². The Labute approximate surface area is 197 Å². The minimum atomic E-state index is -4.31. The molecule has 1 unspecified atom stereocenters. The van der Waals surface area contributed by atoms with E-state index in [1.54, 1.807) is 6.92 Å². The molecule has 28 heavy (non-hydrogen) atoms. The van der Waals surface area contributed by atoms with E-state index in [1.807, 2.05) is 0 Å². The molecular formula is C21H43NaO5S. The standard InChI is InChI=1S/C21H42O5S.Na.H/c1-4-21(27(23,24)25)26-20(22)18-16-14-12-10-8-6-5-7-9-11-13-15-17-19(2)3;;/h19,21H,4-18H2,1-3H3,(H,23,24,25);;/q;+1;-1. The molecule has 0 radical (unpaired) electrons. The Kier molecular flexibility index (Phi) is 21.1. The second-order valence-corrected chi connectivity index (χ2v) is 9.57. The van der Waals surface area contributed by atoms with Crippen molar-refractivity contribution in [3.63, 3.8) is 0 Å². The summed E-state index contributed by atoms with van der Waals surface area (Å²) in [6.07, 6.45) is 16.3. The van der Waals surface area contributed by atoms with Gasteiger partial charge in [0.15, 0.2) is 0 Å². The molecule has 0 heterocycles. The predicted octanol–water partition coefficient (Wildman–Crippen LogP) is 3.39. The molecule has 7 heteroatoms. The van der Waals surface area contributed by atoms with Crippen LogP contribution in [0.3, 0.4) is 0 Å². The van der Waals surface area contributed by atoms with Gasteiger partial charge in [-0.2, -0.15) is 8.42 Å². The average Bonchev–Trinajstić information content (AvgIpc) is 2.58. The van der Waals surface area contributed by atoms with Gasteiger partial charge < -0.3 is 6.16 Å². The topological polar surface area (TPSA) is 80.7 Å². The Bertz CT molecular complexity index is 472. The van der Waals surface area contributed by atoms with E-state index in [4.69, 9.17) is 9.29 Å². The summed E-state index contributed by atoms with van der Waals surface area (Å²) in [5, 5.41) is 0. The van der Waals surface area contributed by atoms with E-state index < -0.39 is 21.5 Å². The van der Waals surface area contributed by atoms with Crippen LogP contribution in [0.2, 0.25) is 0 Å². The molecule has 1 atom stereocenters. The molecule has 0 amide bonds. The van der Waals surface area contributed by atoms with E-state index in [0.29, 0.717) is 6.42 Å². The minimum absolute atomic E-state index is 0. The minimum Gasteiger partial charge on any atom is -1.00 e. The number of hydrogen-bond acceptors (Lipinski definition) is 4. The normalized spacial score (nSPS) is 12.6. The van der Waals surface area contributed by atoms with Gasteiger partial charge in [-0.25, -0.2) is 0 Å². The first kappa shape index (κ1) is 30.6. The molecule has 0 bridgehead atoms. The fourth-order valence-electron chi connectivity index (χ4n) is 3.15. The molecule has 0 rings (SSSR count). The third-order valence-corrected chi connectivity index (χ3v) is 5.93. The van der Waals surface area contributed by atoms with Gasteiger partial charge >= 0.3 is 45.6 Å². The van der Waals surface area contributed by atoms with E-state index in [1.165, 1.54) is 64.2 Å². The van der Waals surface area contributed by atoms with Crippen LogP contribution in [0.15, 0.2) is 0 Å². The molecule has 0 aliphatic rings. The molecule has 164 valence electrons. The molecule has 0 aliphatic carbocycles. The maximum absolute atomic E-state index is 11.6. The van der Waals surface area contributed by atoms with Gasteiger partial charge in [0, 0.05) is 6.42 Å². The Morgan fingerprint density at radius 2 is 1.25 bits per heavy atom. The Hall–Kier alpha value is 0.380. The van der Waals surface area contributed by atoms with Crippen LogP contribution in [-0.2, 0) is 19.6 Å². The van der Waals surface area contributed by atoms with Crippen molar-refractivity contribution in [2.24, 2.45) is 5.92 Å². The fraction of sp³-hybridized carbons (Fsp3) is 0.952. The summed E-state index contributed by atoms with van der Waals surface area (Å²) < 4.78 is 35.7. The Balaban J connectivity index is -0.00000338. The molecule has 0 aromatic heterocycles. The average molecular weight is 431 g/mol. The first-order valence-electron chi connectivity index (χ1n) is 10.9. The smallest absolute Gasteiger partial charge is 1.00 e. The van der Waals surface area contributed by atoms with Crippen molar-refractivity contribution in [3.05, 3.63) is 0 Å². The summed E-state index contributed by atoms with van der Waals surface area (Å²) in [5.74, 6) is 0.286. The van der Waals surface area contributed by atoms with Crippen LogP contribution < -0.4 is 29.6 Å². The van der Waals surface area contributed by atoms with Crippen LogP contribution in [0.4, 0.5) is 0 Å². The van der Waals surface area contributed by atoms with Gasteiger partial charge in [-0.1, -0.05) is 97.8 Å². The molecular weight excluding hydrogens is 387 g/mol. The molecule has 1 N–H and O–H groups in total. The van der Waals surface area contributed by atoms with Gasteiger partial charge in [0.25, 0.3) is 0 Å². The van der Waals surface area contributed by atoms with Gasteiger partial charge in [-0.15, -0.1) is 0 Å². The van der Waals surface area contributed by atoms with Crippen molar-refractivity contribution in [1.82, 2.24) is 0 Å². The molecule has 0 aliphatic heterocycles. The van der Waals surface area contributed by atoms with Gasteiger partial charge in [-0.3, -0.25) is 9.35 Å². The van der Waals surface area contributed by atoms with Crippen molar-refractivity contribution >= 4 is 16.1 Å². The summed E-state index contributed by atoms with van der Waals surface area (Å²) in [6, 6.07) is 0. The van der Waals surface area contributed by atoms with Crippen LogP contribution in [0.25, 0.3) is 0 Å². The zero-order valence-corrected chi connectivity index (χ0v) is 21.6. The van der Waals surface area contributed by atoms with Gasteiger partial charge in [-0.05, 0) is 18.8 Å². The van der Waals surface area contributed by atoms with Crippen molar-refractivity contribution < 1.29 is 53.5 Å². The Morgan fingerprint density at radius 3 is 1.61 bits per heavy atom.